The molecule has 0 unspecified atom stereocenters. The Labute approximate surface area is 117 Å². The van der Waals surface area contributed by atoms with Gasteiger partial charge in [-0.1, -0.05) is 6.07 Å². The lowest BCUT2D eigenvalue weighted by Gasteiger charge is -2.26. The van der Waals surface area contributed by atoms with Crippen molar-refractivity contribution < 1.29 is 14.3 Å². The van der Waals surface area contributed by atoms with Crippen molar-refractivity contribution in [2.75, 3.05) is 13.2 Å². The normalized spacial score (nSPS) is 10.3. The van der Waals surface area contributed by atoms with E-state index in [-0.39, 0.29) is 18.6 Å². The molecule has 0 aliphatic rings. The zero-order valence-corrected chi connectivity index (χ0v) is 12.3. The number of ether oxygens (including phenoxy) is 1. The van der Waals surface area contributed by atoms with E-state index >= 15 is 0 Å². The molecule has 0 saturated carbocycles. The fraction of sp³-hybridized carbons (Fsp3) is 0.538. The van der Waals surface area contributed by atoms with E-state index in [0.29, 0.717) is 13.2 Å². The number of thiophene rings is 1. The second-order valence-corrected chi connectivity index (χ2v) is 5.30. The topological polar surface area (TPSA) is 58.6 Å². The average Bonchev–Trinajstić information content (AvgIpc) is 2.86. The molecule has 2 amide bonds. The molecule has 0 aliphatic heterocycles. The van der Waals surface area contributed by atoms with Crippen LogP contribution >= 0.6 is 11.3 Å². The number of nitrogens with one attached hydrogen (secondary N) is 1. The van der Waals surface area contributed by atoms with Gasteiger partial charge in [0.2, 0.25) is 0 Å². The molecule has 0 aliphatic carbocycles. The largest absolute Gasteiger partial charge is 0.465 e. The molecular weight excluding hydrogens is 264 g/mol. The first-order valence-electron chi connectivity index (χ1n) is 6.27. The van der Waals surface area contributed by atoms with Crippen LogP contribution in [0.3, 0.4) is 0 Å². The number of hydrogen-bond donors (Lipinski definition) is 1. The van der Waals surface area contributed by atoms with Crippen LogP contribution in [0, 0.1) is 0 Å². The Kier molecular flexibility index (Phi) is 6.35. The van der Waals surface area contributed by atoms with E-state index in [4.69, 9.17) is 4.74 Å². The summed E-state index contributed by atoms with van der Waals surface area (Å²) in [6.45, 7) is 6.38. The van der Waals surface area contributed by atoms with Crippen LogP contribution < -0.4 is 5.32 Å². The molecule has 0 fully saturated rings. The number of carbonyl (C=O) groups is 2. The number of amides is 2. The highest BCUT2D eigenvalue weighted by Crippen LogP contribution is 2.13. The molecule has 0 saturated heterocycles. The molecule has 0 aromatic carbocycles. The standard InChI is InChI=1S/C13H20N2O3S/c1-4-18-12(16)8-14-13(17)15(10(2)3)9-11-6-5-7-19-11/h5-7,10H,4,8-9H2,1-3H3,(H,14,17). The maximum atomic E-state index is 12.0. The highest BCUT2D eigenvalue weighted by molar-refractivity contribution is 7.09. The second-order valence-electron chi connectivity index (χ2n) is 4.26. The summed E-state index contributed by atoms with van der Waals surface area (Å²) >= 11 is 1.61. The van der Waals surface area contributed by atoms with Gasteiger partial charge in [-0.2, -0.15) is 0 Å². The van der Waals surface area contributed by atoms with Crippen LogP contribution in [0.5, 0.6) is 0 Å². The van der Waals surface area contributed by atoms with Crippen LogP contribution in [-0.4, -0.2) is 36.1 Å². The van der Waals surface area contributed by atoms with Gasteiger partial charge in [-0.3, -0.25) is 4.79 Å². The number of esters is 1. The van der Waals surface area contributed by atoms with E-state index in [0.717, 1.165) is 4.88 Å². The van der Waals surface area contributed by atoms with Gasteiger partial charge in [0.15, 0.2) is 0 Å². The molecule has 0 bridgehead atoms. The maximum Gasteiger partial charge on any atom is 0.325 e. The number of hydrogen-bond acceptors (Lipinski definition) is 4. The van der Waals surface area contributed by atoms with Crippen molar-refractivity contribution >= 4 is 23.3 Å². The average molecular weight is 284 g/mol. The lowest BCUT2D eigenvalue weighted by Crippen LogP contribution is -2.45. The minimum atomic E-state index is -0.421. The van der Waals surface area contributed by atoms with Crippen LogP contribution in [0.15, 0.2) is 17.5 Å². The summed E-state index contributed by atoms with van der Waals surface area (Å²) in [5.41, 5.74) is 0. The Morgan fingerprint density at radius 2 is 2.21 bits per heavy atom. The zero-order chi connectivity index (χ0) is 14.3. The van der Waals surface area contributed by atoms with Gasteiger partial charge >= 0.3 is 12.0 Å². The van der Waals surface area contributed by atoms with Gasteiger partial charge in [-0.15, -0.1) is 11.3 Å². The Hall–Kier alpha value is -1.56. The van der Waals surface area contributed by atoms with Crippen molar-refractivity contribution in [3.63, 3.8) is 0 Å². The predicted molar refractivity (Wildman–Crippen MR) is 75.0 cm³/mol. The van der Waals surface area contributed by atoms with E-state index in [2.05, 4.69) is 5.32 Å². The molecule has 19 heavy (non-hydrogen) atoms. The minimum Gasteiger partial charge on any atom is -0.465 e. The van der Waals surface area contributed by atoms with Crippen LogP contribution in [0.4, 0.5) is 4.79 Å². The smallest absolute Gasteiger partial charge is 0.325 e. The summed E-state index contributed by atoms with van der Waals surface area (Å²) in [5, 5.41) is 4.55. The van der Waals surface area contributed by atoms with E-state index in [1.165, 1.54) is 0 Å². The van der Waals surface area contributed by atoms with Gasteiger partial charge in [-0.05, 0) is 32.2 Å². The van der Waals surface area contributed by atoms with Crippen molar-refractivity contribution in [3.8, 4) is 0 Å². The molecule has 106 valence electrons. The number of rotatable bonds is 6. The summed E-state index contributed by atoms with van der Waals surface area (Å²) in [6, 6.07) is 3.74. The van der Waals surface area contributed by atoms with Crippen molar-refractivity contribution in [2.45, 2.75) is 33.4 Å². The third kappa shape index (κ3) is 5.30. The monoisotopic (exact) mass is 284 g/mol. The highest BCUT2D eigenvalue weighted by atomic mass is 32.1. The summed E-state index contributed by atoms with van der Waals surface area (Å²) in [7, 11) is 0. The molecule has 0 atom stereocenters. The number of nitrogens with zero attached hydrogens (tertiary/aromatic N) is 1. The van der Waals surface area contributed by atoms with E-state index in [1.54, 1.807) is 23.2 Å². The molecular formula is C13H20N2O3S. The molecule has 0 radical (unpaired) electrons. The van der Waals surface area contributed by atoms with E-state index in [1.807, 2.05) is 31.4 Å². The molecule has 1 rings (SSSR count). The predicted octanol–water partition coefficient (Wildman–Crippen LogP) is 2.23. The molecule has 1 heterocycles. The third-order valence-corrected chi connectivity index (χ3v) is 3.34. The molecule has 1 aromatic rings. The van der Waals surface area contributed by atoms with Crippen LogP contribution in [0.1, 0.15) is 25.6 Å². The lowest BCUT2D eigenvalue weighted by atomic mass is 10.3. The Bertz CT molecular complexity index is 404. The van der Waals surface area contributed by atoms with Crippen LogP contribution in [0.25, 0.3) is 0 Å². The summed E-state index contributed by atoms with van der Waals surface area (Å²) in [6.07, 6.45) is 0. The van der Waals surface area contributed by atoms with Gasteiger partial charge in [0.1, 0.15) is 6.54 Å². The van der Waals surface area contributed by atoms with Crippen molar-refractivity contribution in [1.29, 1.82) is 0 Å². The van der Waals surface area contributed by atoms with Gasteiger partial charge in [0.05, 0.1) is 13.2 Å². The molecule has 1 aromatic heterocycles. The first-order valence-corrected chi connectivity index (χ1v) is 7.15. The highest BCUT2D eigenvalue weighted by Gasteiger charge is 2.18. The number of carbonyl (C=O) groups excluding carboxylic acids is 2. The molecule has 0 spiro atoms. The Balaban J connectivity index is 2.51. The van der Waals surface area contributed by atoms with Crippen LogP contribution in [-0.2, 0) is 16.1 Å². The van der Waals surface area contributed by atoms with Gasteiger partial charge in [-0.25, -0.2) is 4.79 Å². The SMILES string of the molecule is CCOC(=O)CNC(=O)N(Cc1cccs1)C(C)C. The van der Waals surface area contributed by atoms with Crippen molar-refractivity contribution in [1.82, 2.24) is 10.2 Å². The molecule has 1 N–H and O–H groups in total. The maximum absolute atomic E-state index is 12.0. The Morgan fingerprint density at radius 3 is 2.74 bits per heavy atom. The van der Waals surface area contributed by atoms with Crippen LogP contribution in [0.2, 0.25) is 0 Å². The number of urea groups is 1. The van der Waals surface area contributed by atoms with Crippen molar-refractivity contribution in [3.05, 3.63) is 22.4 Å². The fourth-order valence-corrected chi connectivity index (χ4v) is 2.22. The first-order chi connectivity index (χ1) is 9.04. The second kappa shape index (κ2) is 7.78. The van der Waals surface area contributed by atoms with Gasteiger partial charge in [0.25, 0.3) is 0 Å². The van der Waals surface area contributed by atoms with Gasteiger partial charge < -0.3 is 15.0 Å². The lowest BCUT2D eigenvalue weighted by molar-refractivity contribution is -0.141. The first kappa shape index (κ1) is 15.5. The Morgan fingerprint density at radius 1 is 1.47 bits per heavy atom. The van der Waals surface area contributed by atoms with Crippen molar-refractivity contribution in [2.24, 2.45) is 0 Å². The minimum absolute atomic E-state index is 0.0595. The fourth-order valence-electron chi connectivity index (χ4n) is 1.52. The van der Waals surface area contributed by atoms with E-state index in [9.17, 15) is 9.59 Å². The molecule has 6 heteroatoms. The third-order valence-electron chi connectivity index (χ3n) is 2.48. The summed E-state index contributed by atoms with van der Waals surface area (Å²) in [5.74, 6) is -0.421. The van der Waals surface area contributed by atoms with Gasteiger partial charge in [0, 0.05) is 10.9 Å². The quantitative estimate of drug-likeness (QED) is 0.815. The summed E-state index contributed by atoms with van der Waals surface area (Å²) < 4.78 is 4.77. The van der Waals surface area contributed by atoms with E-state index < -0.39 is 5.97 Å². The molecule has 5 nitrogen and oxygen atoms in total. The zero-order valence-electron chi connectivity index (χ0n) is 11.5. The summed E-state index contributed by atoms with van der Waals surface area (Å²) in [4.78, 5) is 26.0.